The van der Waals surface area contributed by atoms with Crippen LogP contribution < -0.4 is 11.1 Å². The number of aromatic nitrogens is 5. The highest BCUT2D eigenvalue weighted by molar-refractivity contribution is 5.92. The topological polar surface area (TPSA) is 113 Å². The smallest absolute Gasteiger partial charge is 0.407 e. The third kappa shape index (κ3) is 5.15. The lowest BCUT2D eigenvalue weighted by Gasteiger charge is -2.20. The van der Waals surface area contributed by atoms with E-state index in [1.54, 1.807) is 0 Å². The van der Waals surface area contributed by atoms with Crippen molar-refractivity contribution < 1.29 is 9.53 Å². The normalized spacial score (nSPS) is 12.8. The first-order valence-corrected chi connectivity index (χ1v) is 10.7. The zero-order valence-electron chi connectivity index (χ0n) is 19.3. The summed E-state index contributed by atoms with van der Waals surface area (Å²) >= 11 is 0. The second-order valence-corrected chi connectivity index (χ2v) is 8.92. The highest BCUT2D eigenvalue weighted by Gasteiger charge is 2.20. The van der Waals surface area contributed by atoms with Crippen LogP contribution in [0.15, 0.2) is 18.2 Å². The number of rotatable bonds is 7. The molecule has 2 heterocycles. The standard InChI is InChI=1S/C22H33N7O2/c1-14(10-7-8-13-24-21(30)31-22(3,4)5)29-18-16(19-27-26-15(2)28(19)6)11-9-12-17(18)25-20(29)23/h9,11-12,14H,7-8,10,13H2,1-6H3,(H2,23,25)(H,24,30). The maximum atomic E-state index is 11.8. The Balaban J connectivity index is 1.70. The molecule has 9 heteroatoms. The molecule has 0 bridgehead atoms. The maximum absolute atomic E-state index is 11.8. The summed E-state index contributed by atoms with van der Waals surface area (Å²) in [6.07, 6.45) is 2.30. The summed E-state index contributed by atoms with van der Waals surface area (Å²) in [4.78, 5) is 16.3. The van der Waals surface area contributed by atoms with E-state index in [2.05, 4.69) is 32.0 Å². The van der Waals surface area contributed by atoms with Crippen LogP contribution in [0.25, 0.3) is 22.4 Å². The molecule has 1 aromatic carbocycles. The minimum atomic E-state index is -0.489. The first-order chi connectivity index (χ1) is 14.6. The Morgan fingerprint density at radius 1 is 1.26 bits per heavy atom. The van der Waals surface area contributed by atoms with Crippen LogP contribution in [0.4, 0.5) is 10.7 Å². The molecule has 0 radical (unpaired) electrons. The van der Waals surface area contributed by atoms with Crippen molar-refractivity contribution in [3.8, 4) is 11.4 Å². The van der Waals surface area contributed by atoms with Crippen LogP contribution in [0, 0.1) is 6.92 Å². The molecular weight excluding hydrogens is 394 g/mol. The molecule has 3 aromatic rings. The van der Waals surface area contributed by atoms with Crippen molar-refractivity contribution in [1.82, 2.24) is 29.6 Å². The molecule has 0 aliphatic heterocycles. The van der Waals surface area contributed by atoms with Crippen LogP contribution in [0.3, 0.4) is 0 Å². The third-order valence-corrected chi connectivity index (χ3v) is 5.23. The number of ether oxygens (including phenoxy) is 1. The van der Waals surface area contributed by atoms with Gasteiger partial charge in [0.25, 0.3) is 0 Å². The highest BCUT2D eigenvalue weighted by Crippen LogP contribution is 2.33. The lowest BCUT2D eigenvalue weighted by Crippen LogP contribution is -2.33. The van der Waals surface area contributed by atoms with Crippen molar-refractivity contribution in [2.75, 3.05) is 12.3 Å². The number of anilines is 1. The van der Waals surface area contributed by atoms with Gasteiger partial charge in [-0.05, 0) is 66.0 Å². The molecule has 2 aromatic heterocycles. The van der Waals surface area contributed by atoms with E-state index in [4.69, 9.17) is 10.5 Å². The number of fused-ring (bicyclic) bond motifs is 1. The quantitative estimate of drug-likeness (QED) is 0.552. The number of unbranched alkanes of at least 4 members (excludes halogenated alkanes) is 1. The van der Waals surface area contributed by atoms with Crippen LogP contribution in [0.1, 0.15) is 58.8 Å². The summed E-state index contributed by atoms with van der Waals surface area (Å²) in [7, 11) is 1.95. The zero-order chi connectivity index (χ0) is 22.8. The predicted octanol–water partition coefficient (Wildman–Crippen LogP) is 3.98. The number of benzene rings is 1. The molecule has 1 amide bonds. The first kappa shape index (κ1) is 22.6. The van der Waals surface area contributed by atoms with Crippen molar-refractivity contribution in [3.05, 3.63) is 24.0 Å². The molecule has 0 spiro atoms. The van der Waals surface area contributed by atoms with Gasteiger partial charge in [-0.15, -0.1) is 10.2 Å². The van der Waals surface area contributed by atoms with Crippen LogP contribution in [0.2, 0.25) is 0 Å². The number of nitrogens with one attached hydrogen (secondary N) is 1. The number of amides is 1. The Kier molecular flexibility index (Phi) is 6.52. The van der Waals surface area contributed by atoms with Gasteiger partial charge in [0.15, 0.2) is 5.82 Å². The summed E-state index contributed by atoms with van der Waals surface area (Å²) in [5.41, 5.74) is 8.59. The van der Waals surface area contributed by atoms with E-state index >= 15 is 0 Å². The summed E-state index contributed by atoms with van der Waals surface area (Å²) < 4.78 is 9.31. The summed E-state index contributed by atoms with van der Waals surface area (Å²) in [5.74, 6) is 2.12. The van der Waals surface area contributed by atoms with Crippen LogP contribution >= 0.6 is 0 Å². The fourth-order valence-corrected chi connectivity index (χ4v) is 3.63. The molecule has 1 unspecified atom stereocenters. The number of hydrogen-bond acceptors (Lipinski definition) is 6. The Morgan fingerprint density at radius 3 is 2.65 bits per heavy atom. The van der Waals surface area contributed by atoms with E-state index in [0.29, 0.717) is 12.5 Å². The molecule has 0 aliphatic rings. The van der Waals surface area contributed by atoms with Gasteiger partial charge in [0.2, 0.25) is 5.95 Å². The van der Waals surface area contributed by atoms with Crippen molar-refractivity contribution >= 4 is 23.1 Å². The number of aryl methyl sites for hydroxylation is 1. The van der Waals surface area contributed by atoms with E-state index in [0.717, 1.165) is 47.5 Å². The monoisotopic (exact) mass is 427 g/mol. The molecule has 9 nitrogen and oxygen atoms in total. The average Bonchev–Trinajstić information content (AvgIpc) is 3.18. The maximum Gasteiger partial charge on any atom is 0.407 e. The number of para-hydroxylation sites is 1. The van der Waals surface area contributed by atoms with E-state index < -0.39 is 5.60 Å². The average molecular weight is 428 g/mol. The van der Waals surface area contributed by atoms with Crippen LogP contribution in [-0.4, -0.2) is 42.6 Å². The van der Waals surface area contributed by atoms with Crippen LogP contribution in [0.5, 0.6) is 0 Å². The fraction of sp³-hybridized carbons (Fsp3) is 0.545. The molecule has 3 N–H and O–H groups in total. The molecule has 168 valence electrons. The minimum Gasteiger partial charge on any atom is -0.444 e. The molecule has 0 saturated heterocycles. The van der Waals surface area contributed by atoms with Gasteiger partial charge in [0.1, 0.15) is 11.4 Å². The third-order valence-electron chi connectivity index (χ3n) is 5.23. The number of alkyl carbamates (subject to hydrolysis) is 1. The number of hydrogen-bond donors (Lipinski definition) is 2. The van der Waals surface area contributed by atoms with E-state index in [1.165, 1.54) is 0 Å². The van der Waals surface area contributed by atoms with Gasteiger partial charge in [0, 0.05) is 25.2 Å². The number of carbonyl (C=O) groups excluding carboxylic acids is 1. The van der Waals surface area contributed by atoms with Crippen molar-refractivity contribution in [2.24, 2.45) is 7.05 Å². The molecule has 0 aliphatic carbocycles. The zero-order valence-corrected chi connectivity index (χ0v) is 19.3. The van der Waals surface area contributed by atoms with Crippen molar-refractivity contribution in [1.29, 1.82) is 0 Å². The fourth-order valence-electron chi connectivity index (χ4n) is 3.63. The first-order valence-electron chi connectivity index (χ1n) is 10.7. The number of carbonyl (C=O) groups is 1. The Labute approximate surface area is 183 Å². The van der Waals surface area contributed by atoms with Crippen LogP contribution in [-0.2, 0) is 11.8 Å². The molecular formula is C22H33N7O2. The lowest BCUT2D eigenvalue weighted by atomic mass is 10.1. The Hall–Kier alpha value is -3.10. The molecule has 31 heavy (non-hydrogen) atoms. The summed E-state index contributed by atoms with van der Waals surface area (Å²) in [6.45, 7) is 10.2. The molecule has 0 saturated carbocycles. The number of nitrogens with zero attached hydrogens (tertiary/aromatic N) is 5. The van der Waals surface area contributed by atoms with Gasteiger partial charge < -0.3 is 24.9 Å². The van der Waals surface area contributed by atoms with Gasteiger partial charge in [0.05, 0.1) is 11.0 Å². The van der Waals surface area contributed by atoms with E-state index in [-0.39, 0.29) is 12.1 Å². The number of nitrogens with two attached hydrogens (primary N) is 1. The van der Waals surface area contributed by atoms with Crippen molar-refractivity contribution in [2.45, 2.75) is 65.5 Å². The number of nitrogen functional groups attached to an aromatic ring is 1. The molecule has 0 fully saturated rings. The summed E-state index contributed by atoms with van der Waals surface area (Å²) in [5, 5.41) is 11.4. The van der Waals surface area contributed by atoms with E-state index in [1.807, 2.05) is 57.5 Å². The van der Waals surface area contributed by atoms with Gasteiger partial charge in [-0.1, -0.05) is 6.07 Å². The van der Waals surface area contributed by atoms with Gasteiger partial charge in [-0.2, -0.15) is 0 Å². The summed E-state index contributed by atoms with van der Waals surface area (Å²) in [6, 6.07) is 6.10. The second kappa shape index (κ2) is 8.95. The lowest BCUT2D eigenvalue weighted by molar-refractivity contribution is 0.0527. The van der Waals surface area contributed by atoms with Crippen molar-refractivity contribution in [3.63, 3.8) is 0 Å². The van der Waals surface area contributed by atoms with Gasteiger partial charge >= 0.3 is 6.09 Å². The SMILES string of the molecule is Cc1nnc(-c2cccc3nc(N)n(C(C)CCCCNC(=O)OC(C)(C)C)c23)n1C. The Bertz CT molecular complexity index is 1060. The predicted molar refractivity (Wildman–Crippen MR) is 122 cm³/mol. The largest absolute Gasteiger partial charge is 0.444 e. The second-order valence-electron chi connectivity index (χ2n) is 8.92. The van der Waals surface area contributed by atoms with E-state index in [9.17, 15) is 4.79 Å². The minimum absolute atomic E-state index is 0.141. The molecule has 1 atom stereocenters. The Morgan fingerprint density at radius 2 is 2.00 bits per heavy atom. The highest BCUT2D eigenvalue weighted by atomic mass is 16.6. The molecule has 3 rings (SSSR count). The van der Waals surface area contributed by atoms with Gasteiger partial charge in [-0.3, -0.25) is 0 Å². The van der Waals surface area contributed by atoms with Gasteiger partial charge in [-0.25, -0.2) is 9.78 Å². The number of imidazole rings is 1.